The first-order chi connectivity index (χ1) is 10.2. The summed E-state index contributed by atoms with van der Waals surface area (Å²) in [5.41, 5.74) is 1.24. The third-order valence-electron chi connectivity index (χ3n) is 3.56. The minimum atomic E-state index is 0. The molecule has 1 aromatic heterocycles. The zero-order valence-electron chi connectivity index (χ0n) is 13.7. The molecule has 0 unspecified atom stereocenters. The van der Waals surface area contributed by atoms with Gasteiger partial charge in [0.05, 0.1) is 10.7 Å². The molecule has 0 aliphatic heterocycles. The smallest absolute Gasteiger partial charge is 0.191 e. The molecule has 0 saturated carbocycles. The fourth-order valence-corrected chi connectivity index (χ4v) is 3.44. The lowest BCUT2D eigenvalue weighted by atomic mass is 10.2. The van der Waals surface area contributed by atoms with Gasteiger partial charge >= 0.3 is 0 Å². The molecule has 1 aliphatic rings. The number of nitrogens with zero attached hydrogens (tertiary/aromatic N) is 2. The van der Waals surface area contributed by atoms with Gasteiger partial charge in [-0.25, -0.2) is 4.98 Å². The lowest BCUT2D eigenvalue weighted by Gasteiger charge is -2.16. The molecule has 124 valence electrons. The van der Waals surface area contributed by atoms with E-state index in [2.05, 4.69) is 53.5 Å². The number of hydrogen-bond acceptors (Lipinski definition) is 3. The normalized spacial score (nSPS) is 15.0. The summed E-state index contributed by atoms with van der Waals surface area (Å²) >= 11 is 1.81. The predicted octanol–water partition coefficient (Wildman–Crippen LogP) is 3.45. The van der Waals surface area contributed by atoms with Crippen LogP contribution in [0, 0.1) is 6.92 Å². The van der Waals surface area contributed by atoms with Crippen LogP contribution in [-0.2, 0) is 12.8 Å². The van der Waals surface area contributed by atoms with E-state index >= 15 is 0 Å². The zero-order chi connectivity index (χ0) is 15.1. The maximum absolute atomic E-state index is 4.67. The summed E-state index contributed by atoms with van der Waals surface area (Å²) in [5.74, 6) is 0.926. The van der Waals surface area contributed by atoms with Crippen LogP contribution >= 0.6 is 35.3 Å². The van der Waals surface area contributed by atoms with Crippen molar-refractivity contribution < 1.29 is 0 Å². The van der Waals surface area contributed by atoms with Crippen molar-refractivity contribution in [3.05, 3.63) is 27.7 Å². The van der Waals surface area contributed by atoms with Crippen LogP contribution < -0.4 is 10.6 Å². The molecule has 0 bridgehead atoms. The summed E-state index contributed by atoms with van der Waals surface area (Å²) in [6, 6.07) is 0.497. The zero-order valence-corrected chi connectivity index (χ0v) is 16.8. The van der Waals surface area contributed by atoms with Gasteiger partial charge in [0.1, 0.15) is 0 Å². The largest absolute Gasteiger partial charge is 0.357 e. The number of aryl methyl sites for hydroxylation is 2. The van der Waals surface area contributed by atoms with Crippen LogP contribution in [0.15, 0.2) is 17.1 Å². The molecule has 22 heavy (non-hydrogen) atoms. The second-order valence-corrected chi connectivity index (χ2v) is 6.55. The molecule has 2 N–H and O–H groups in total. The Morgan fingerprint density at radius 1 is 1.36 bits per heavy atom. The molecule has 1 heterocycles. The van der Waals surface area contributed by atoms with E-state index < -0.39 is 0 Å². The van der Waals surface area contributed by atoms with Crippen molar-refractivity contribution in [2.45, 2.75) is 52.5 Å². The van der Waals surface area contributed by atoms with E-state index in [0.29, 0.717) is 6.04 Å². The van der Waals surface area contributed by atoms with Crippen LogP contribution in [0.4, 0.5) is 0 Å². The molecule has 0 amide bonds. The average Bonchev–Trinajstić information content (AvgIpc) is 3.08. The van der Waals surface area contributed by atoms with Crippen molar-refractivity contribution in [1.82, 2.24) is 15.6 Å². The SMILES string of the molecule is CCNC(=NCCc1nc(CC)c(C)s1)NC1CC=CC1.I. The Morgan fingerprint density at radius 2 is 2.09 bits per heavy atom. The number of rotatable bonds is 6. The van der Waals surface area contributed by atoms with E-state index in [9.17, 15) is 0 Å². The fourth-order valence-electron chi connectivity index (χ4n) is 2.43. The van der Waals surface area contributed by atoms with Crippen molar-refractivity contribution in [2.24, 2.45) is 4.99 Å². The quantitative estimate of drug-likeness (QED) is 0.312. The van der Waals surface area contributed by atoms with Gasteiger partial charge in [0.25, 0.3) is 0 Å². The molecule has 4 nitrogen and oxygen atoms in total. The van der Waals surface area contributed by atoms with E-state index in [1.54, 1.807) is 11.3 Å². The Labute approximate surface area is 154 Å². The van der Waals surface area contributed by atoms with Gasteiger partial charge in [-0.1, -0.05) is 19.1 Å². The second-order valence-electron chi connectivity index (χ2n) is 5.26. The highest BCUT2D eigenvalue weighted by Crippen LogP contribution is 2.18. The summed E-state index contributed by atoms with van der Waals surface area (Å²) in [6.07, 6.45) is 8.58. The molecule has 0 atom stereocenters. The second kappa shape index (κ2) is 10.2. The van der Waals surface area contributed by atoms with E-state index in [4.69, 9.17) is 0 Å². The van der Waals surface area contributed by atoms with Gasteiger partial charge in [-0.2, -0.15) is 0 Å². The van der Waals surface area contributed by atoms with Crippen molar-refractivity contribution >= 4 is 41.3 Å². The molecule has 2 rings (SSSR count). The fraction of sp³-hybridized carbons (Fsp3) is 0.625. The maximum atomic E-state index is 4.67. The summed E-state index contributed by atoms with van der Waals surface area (Å²) in [4.78, 5) is 10.7. The first kappa shape index (κ1) is 19.4. The number of aliphatic imine (C=N–C) groups is 1. The van der Waals surface area contributed by atoms with Gasteiger partial charge in [0.2, 0.25) is 0 Å². The Hall–Kier alpha value is -0.630. The van der Waals surface area contributed by atoms with Crippen LogP contribution in [0.2, 0.25) is 0 Å². The minimum absolute atomic E-state index is 0. The minimum Gasteiger partial charge on any atom is -0.357 e. The van der Waals surface area contributed by atoms with E-state index in [1.807, 2.05) is 0 Å². The monoisotopic (exact) mass is 434 g/mol. The topological polar surface area (TPSA) is 49.3 Å². The van der Waals surface area contributed by atoms with E-state index in [-0.39, 0.29) is 24.0 Å². The van der Waals surface area contributed by atoms with Crippen LogP contribution in [0.3, 0.4) is 0 Å². The molecule has 0 spiro atoms. The van der Waals surface area contributed by atoms with Crippen molar-refractivity contribution in [3.8, 4) is 0 Å². The predicted molar refractivity (Wildman–Crippen MR) is 107 cm³/mol. The van der Waals surface area contributed by atoms with Crippen LogP contribution in [0.1, 0.15) is 42.3 Å². The molecule has 1 aliphatic carbocycles. The molecular formula is C16H27IN4S. The van der Waals surface area contributed by atoms with Gasteiger partial charge in [0, 0.05) is 30.4 Å². The molecule has 0 saturated heterocycles. The highest BCUT2D eigenvalue weighted by molar-refractivity contribution is 14.0. The number of hydrogen-bond donors (Lipinski definition) is 2. The molecule has 1 aromatic rings. The Morgan fingerprint density at radius 3 is 2.68 bits per heavy atom. The van der Waals surface area contributed by atoms with Gasteiger partial charge in [-0.3, -0.25) is 4.99 Å². The summed E-state index contributed by atoms with van der Waals surface area (Å²) in [6.45, 7) is 8.09. The highest BCUT2D eigenvalue weighted by Gasteiger charge is 2.11. The maximum Gasteiger partial charge on any atom is 0.191 e. The van der Waals surface area contributed by atoms with Crippen LogP contribution in [0.25, 0.3) is 0 Å². The van der Waals surface area contributed by atoms with E-state index in [0.717, 1.165) is 44.7 Å². The van der Waals surface area contributed by atoms with Crippen LogP contribution in [-0.4, -0.2) is 30.1 Å². The summed E-state index contributed by atoms with van der Waals surface area (Å²) < 4.78 is 0. The van der Waals surface area contributed by atoms with Gasteiger partial charge < -0.3 is 10.6 Å². The van der Waals surface area contributed by atoms with E-state index in [1.165, 1.54) is 15.6 Å². The molecular weight excluding hydrogens is 407 g/mol. The van der Waals surface area contributed by atoms with Crippen molar-refractivity contribution in [2.75, 3.05) is 13.1 Å². The molecule has 0 fully saturated rings. The van der Waals surface area contributed by atoms with Crippen LogP contribution in [0.5, 0.6) is 0 Å². The molecule has 6 heteroatoms. The summed E-state index contributed by atoms with van der Waals surface area (Å²) in [7, 11) is 0. The summed E-state index contributed by atoms with van der Waals surface area (Å²) in [5, 5.41) is 8.01. The lowest BCUT2D eigenvalue weighted by molar-refractivity contribution is 0.633. The molecule has 0 aromatic carbocycles. The number of guanidine groups is 1. The van der Waals surface area contributed by atoms with Crippen molar-refractivity contribution in [1.29, 1.82) is 0 Å². The van der Waals surface area contributed by atoms with Gasteiger partial charge in [0.15, 0.2) is 5.96 Å². The number of halogens is 1. The Balaban J connectivity index is 0.00000242. The average molecular weight is 434 g/mol. The first-order valence-electron chi connectivity index (χ1n) is 7.88. The number of thiazole rings is 1. The Bertz CT molecular complexity index is 502. The highest BCUT2D eigenvalue weighted by atomic mass is 127. The standard InChI is InChI=1S/C16H26N4S.HI/c1-4-14-12(3)21-15(20-14)10-11-18-16(17-5-2)19-13-8-6-7-9-13;/h6-7,13H,4-5,8-11H2,1-3H3,(H2,17,18,19);1H. The lowest BCUT2D eigenvalue weighted by Crippen LogP contribution is -2.42. The van der Waals surface area contributed by atoms with Crippen molar-refractivity contribution in [3.63, 3.8) is 0 Å². The first-order valence-corrected chi connectivity index (χ1v) is 8.69. The number of nitrogens with one attached hydrogen (secondary N) is 2. The molecule has 0 radical (unpaired) electrons. The number of aromatic nitrogens is 1. The van der Waals surface area contributed by atoms with Gasteiger partial charge in [-0.15, -0.1) is 35.3 Å². The van der Waals surface area contributed by atoms with Gasteiger partial charge in [-0.05, 0) is 33.1 Å². The third kappa shape index (κ3) is 5.87. The Kier molecular flexibility index (Phi) is 9.00. The third-order valence-corrected chi connectivity index (χ3v) is 4.63.